The Morgan fingerprint density at radius 1 is 1.20 bits per heavy atom. The highest BCUT2D eigenvalue weighted by atomic mass is 35.5. The molecule has 0 spiro atoms. The summed E-state index contributed by atoms with van der Waals surface area (Å²) in [5, 5.41) is 9.98. The number of methoxy groups -OCH3 is 1. The first-order valence-electron chi connectivity index (χ1n) is 16.1. The van der Waals surface area contributed by atoms with Gasteiger partial charge in [-0.1, -0.05) is 50.6 Å². The molecule has 1 aliphatic heterocycles. The second-order valence-corrected chi connectivity index (χ2v) is 12.2. The Morgan fingerprint density at radius 2 is 1.93 bits per heavy atom. The van der Waals surface area contributed by atoms with Crippen LogP contribution in [0.4, 0.5) is 4.79 Å². The Kier molecular flexibility index (Phi) is 14.8. The number of piperazine rings is 1. The summed E-state index contributed by atoms with van der Waals surface area (Å²) in [4.78, 5) is 30.1. The van der Waals surface area contributed by atoms with Crippen LogP contribution in [0.3, 0.4) is 0 Å². The summed E-state index contributed by atoms with van der Waals surface area (Å²) < 4.78 is 12.2. The van der Waals surface area contributed by atoms with E-state index in [1.165, 1.54) is 25.5 Å². The van der Waals surface area contributed by atoms with Crippen molar-refractivity contribution in [1.29, 1.82) is 0 Å². The first-order valence-corrected chi connectivity index (χ1v) is 16.5. The van der Waals surface area contributed by atoms with Gasteiger partial charge >= 0.3 is 6.09 Å². The van der Waals surface area contributed by atoms with E-state index in [2.05, 4.69) is 46.1 Å². The van der Waals surface area contributed by atoms with Crippen LogP contribution in [-0.4, -0.2) is 80.0 Å². The molecule has 10 nitrogen and oxygen atoms in total. The number of amides is 2. The summed E-state index contributed by atoms with van der Waals surface area (Å²) in [6.45, 7) is 10.1. The number of hydrogen-bond donors (Lipinski definition) is 3. The van der Waals surface area contributed by atoms with Crippen molar-refractivity contribution in [3.05, 3.63) is 82.6 Å². The number of imidazole rings is 1. The smallest absolute Gasteiger partial charge is 0.409 e. The first kappa shape index (κ1) is 36.9. The van der Waals surface area contributed by atoms with Gasteiger partial charge in [0.25, 0.3) is 0 Å². The predicted molar refractivity (Wildman–Crippen MR) is 184 cm³/mol. The van der Waals surface area contributed by atoms with Gasteiger partial charge in [0.05, 0.1) is 30.9 Å². The molecule has 2 aromatic rings. The van der Waals surface area contributed by atoms with Crippen LogP contribution in [0.25, 0.3) is 5.57 Å². The molecule has 1 saturated carbocycles. The van der Waals surface area contributed by atoms with Crippen molar-refractivity contribution in [2.45, 2.75) is 52.5 Å². The molecule has 2 heterocycles. The number of rotatable bonds is 9. The van der Waals surface area contributed by atoms with Gasteiger partial charge in [-0.3, -0.25) is 4.79 Å². The zero-order chi connectivity index (χ0) is 33.5. The van der Waals surface area contributed by atoms with E-state index in [1.54, 1.807) is 17.4 Å². The molecule has 46 heavy (non-hydrogen) atoms. The minimum Gasteiger partial charge on any atom is -0.449 e. The summed E-state index contributed by atoms with van der Waals surface area (Å²) in [5.74, 6) is -0.196. The van der Waals surface area contributed by atoms with Crippen molar-refractivity contribution in [3.8, 4) is 0 Å². The van der Waals surface area contributed by atoms with Crippen molar-refractivity contribution in [1.82, 2.24) is 30.4 Å². The average molecular weight is 655 g/mol. The van der Waals surface area contributed by atoms with Gasteiger partial charge in [-0.15, -0.1) is 0 Å². The largest absolute Gasteiger partial charge is 0.449 e. The highest BCUT2D eigenvalue weighted by Gasteiger charge is 2.39. The summed E-state index contributed by atoms with van der Waals surface area (Å²) in [5.41, 5.74) is 5.54. The molecule has 3 N–H and O–H groups in total. The number of hydrogen-bond acceptors (Lipinski definition) is 7. The topological polar surface area (TPSA) is 110 Å². The van der Waals surface area contributed by atoms with Crippen LogP contribution in [0, 0.1) is 5.41 Å². The third kappa shape index (κ3) is 11.0. The number of nitrogens with zero attached hydrogens (tertiary/aromatic N) is 3. The van der Waals surface area contributed by atoms with E-state index in [0.29, 0.717) is 17.0 Å². The number of aromatic nitrogens is 2. The van der Waals surface area contributed by atoms with Crippen molar-refractivity contribution in [2.75, 3.05) is 53.6 Å². The number of halogens is 1. The molecule has 5 rings (SSSR count). The van der Waals surface area contributed by atoms with Gasteiger partial charge in [-0.2, -0.15) is 0 Å². The Bertz CT molecular complexity index is 1370. The first-order chi connectivity index (χ1) is 22.2. The molecule has 3 aliphatic rings. The standard InChI is InChI=1S/C23H27ClN4O2.C10H18N2O2.C2H6/c1-25-10-4-5-16-6-7-17-8-9-18(24)12-19(17)20(11-16)23(27-22(29)14-30-3)21-13-26-15-28(21)2;1-10(2-3-10)8-14-9(13)12-6-4-11-5-7-12;1-2/h4-5,8-13,15,23,25H,6-7,14H2,1-3H3,(H,27,29);11H,2-8H2,1H3;1-2H3/b10-4-,16-5+;;/t23-;;/m1../s1. The molecule has 2 aliphatic carbocycles. The Labute approximate surface area is 279 Å². The number of carbonyl (C=O) groups excluding carboxylic acids is 2. The van der Waals surface area contributed by atoms with Crippen molar-refractivity contribution in [3.63, 3.8) is 0 Å². The number of carbonyl (C=O) groups is 2. The maximum atomic E-state index is 12.5. The number of ether oxygens (including phenoxy) is 2. The van der Waals surface area contributed by atoms with Crippen LogP contribution in [-0.2, 0) is 27.7 Å². The molecular weight excluding hydrogens is 604 g/mol. The van der Waals surface area contributed by atoms with Gasteiger partial charge in [0, 0.05) is 57.8 Å². The summed E-state index contributed by atoms with van der Waals surface area (Å²) in [6, 6.07) is 5.55. The molecule has 1 aromatic heterocycles. The number of fused-ring (bicyclic) bond motifs is 1. The fraction of sp³-hybridized carbons (Fsp3) is 0.514. The summed E-state index contributed by atoms with van der Waals surface area (Å²) >= 11 is 6.36. The molecule has 0 unspecified atom stereocenters. The molecule has 1 aromatic carbocycles. The monoisotopic (exact) mass is 654 g/mol. The molecule has 2 fully saturated rings. The summed E-state index contributed by atoms with van der Waals surface area (Å²) in [7, 11) is 5.29. The molecule has 1 saturated heterocycles. The van der Waals surface area contributed by atoms with Crippen molar-refractivity contribution >= 4 is 29.2 Å². The van der Waals surface area contributed by atoms with E-state index in [4.69, 9.17) is 21.1 Å². The molecule has 0 bridgehead atoms. The lowest BCUT2D eigenvalue weighted by atomic mass is 9.92. The summed E-state index contributed by atoms with van der Waals surface area (Å²) in [6.07, 6.45) is 15.6. The highest BCUT2D eigenvalue weighted by molar-refractivity contribution is 6.30. The van der Waals surface area contributed by atoms with E-state index < -0.39 is 6.04 Å². The normalized spacial score (nSPS) is 18.1. The van der Waals surface area contributed by atoms with Gasteiger partial charge < -0.3 is 34.9 Å². The van der Waals surface area contributed by atoms with Crippen LogP contribution in [0.5, 0.6) is 0 Å². The minimum absolute atomic E-state index is 0.0162. The zero-order valence-electron chi connectivity index (χ0n) is 28.2. The van der Waals surface area contributed by atoms with E-state index in [0.717, 1.165) is 61.4 Å². The van der Waals surface area contributed by atoms with Crippen LogP contribution in [0.2, 0.25) is 5.02 Å². The average Bonchev–Trinajstić information content (AvgIpc) is 3.71. The third-order valence-corrected chi connectivity index (χ3v) is 8.28. The second-order valence-electron chi connectivity index (χ2n) is 11.8. The molecule has 1 atom stereocenters. The van der Waals surface area contributed by atoms with Crippen LogP contribution >= 0.6 is 11.6 Å². The lowest BCUT2D eigenvalue weighted by molar-refractivity contribution is -0.125. The molecular formula is C35H51ClN6O4. The molecule has 11 heteroatoms. The lowest BCUT2D eigenvalue weighted by Gasteiger charge is -2.27. The van der Waals surface area contributed by atoms with E-state index in [9.17, 15) is 9.59 Å². The SMILES string of the molecule is CC.CC1(COC(=O)N2CCNCC2)CC1.CN/C=C\C=C1\C=C([C@@H](NC(=O)COC)c2cncn2C)c2cc(Cl)ccc2CC1. The quantitative estimate of drug-likeness (QED) is 0.331. The van der Waals surface area contributed by atoms with Crippen LogP contribution in [0.1, 0.15) is 62.9 Å². The Balaban J connectivity index is 0.000000299. The van der Waals surface area contributed by atoms with Gasteiger partial charge in [0.1, 0.15) is 6.61 Å². The van der Waals surface area contributed by atoms with E-state index >= 15 is 0 Å². The molecule has 2 amide bonds. The third-order valence-electron chi connectivity index (χ3n) is 8.04. The Hall–Kier alpha value is -3.60. The van der Waals surface area contributed by atoms with Crippen molar-refractivity contribution < 1.29 is 19.1 Å². The van der Waals surface area contributed by atoms with Gasteiger partial charge in [0.2, 0.25) is 5.91 Å². The zero-order valence-corrected chi connectivity index (χ0v) is 29.0. The van der Waals surface area contributed by atoms with E-state index in [-0.39, 0.29) is 18.6 Å². The predicted octanol–water partition coefficient (Wildman–Crippen LogP) is 5.42. The number of allylic oxidation sites excluding steroid dienone is 4. The number of nitrogens with one attached hydrogen (secondary N) is 3. The maximum Gasteiger partial charge on any atom is 0.409 e. The number of aryl methyl sites for hydroxylation is 2. The van der Waals surface area contributed by atoms with Gasteiger partial charge in [0.15, 0.2) is 0 Å². The number of benzene rings is 1. The second kappa shape index (κ2) is 18.5. The lowest BCUT2D eigenvalue weighted by Crippen LogP contribution is -2.46. The van der Waals surface area contributed by atoms with Crippen LogP contribution < -0.4 is 16.0 Å². The molecule has 0 radical (unpaired) electrons. The van der Waals surface area contributed by atoms with Crippen LogP contribution in [0.15, 0.2) is 60.7 Å². The van der Waals surface area contributed by atoms with Gasteiger partial charge in [-0.25, -0.2) is 9.78 Å². The fourth-order valence-corrected chi connectivity index (χ4v) is 5.30. The van der Waals surface area contributed by atoms with Gasteiger partial charge in [-0.05, 0) is 72.4 Å². The van der Waals surface area contributed by atoms with E-state index in [1.807, 2.05) is 56.9 Å². The fourth-order valence-electron chi connectivity index (χ4n) is 5.13. The van der Waals surface area contributed by atoms with Crippen molar-refractivity contribution in [2.24, 2.45) is 12.5 Å². The maximum absolute atomic E-state index is 12.5. The Morgan fingerprint density at radius 3 is 2.57 bits per heavy atom. The molecule has 252 valence electrons. The minimum atomic E-state index is -0.396. The highest BCUT2D eigenvalue weighted by Crippen LogP contribution is 2.45.